The van der Waals surface area contributed by atoms with E-state index in [1.807, 2.05) is 32.0 Å². The van der Waals surface area contributed by atoms with Gasteiger partial charge in [0, 0.05) is 0 Å². The SMILES string of the molecule is Cc1ccc(/C=C/S(=O)(=O)O)c(C)c1.NC(=O)c1ccc(F)cc1Cl. The minimum atomic E-state index is -4.03. The lowest BCUT2D eigenvalue weighted by Gasteiger charge is -2.00. The van der Waals surface area contributed by atoms with E-state index in [1.54, 1.807) is 0 Å². The zero-order valence-electron chi connectivity index (χ0n) is 13.5. The monoisotopic (exact) mass is 385 g/mol. The van der Waals surface area contributed by atoms with Gasteiger partial charge in [0.05, 0.1) is 16.0 Å². The summed E-state index contributed by atoms with van der Waals surface area (Å²) in [5, 5.41) is 0.822. The Hall–Kier alpha value is -2.22. The van der Waals surface area contributed by atoms with Crippen molar-refractivity contribution in [3.63, 3.8) is 0 Å². The van der Waals surface area contributed by atoms with Crippen LogP contribution in [0.2, 0.25) is 5.02 Å². The number of carbonyl (C=O) groups excluding carboxylic acids is 1. The molecule has 0 aliphatic rings. The van der Waals surface area contributed by atoms with Crippen molar-refractivity contribution in [2.24, 2.45) is 5.73 Å². The molecule has 0 aromatic heterocycles. The van der Waals surface area contributed by atoms with Crippen molar-refractivity contribution in [3.8, 4) is 0 Å². The predicted molar refractivity (Wildman–Crippen MR) is 96.4 cm³/mol. The summed E-state index contributed by atoms with van der Waals surface area (Å²) < 4.78 is 41.8. The second-order valence-electron chi connectivity index (χ2n) is 5.17. The van der Waals surface area contributed by atoms with Crippen molar-refractivity contribution >= 4 is 33.7 Å². The third kappa shape index (κ3) is 7.47. The van der Waals surface area contributed by atoms with Gasteiger partial charge in [-0.15, -0.1) is 0 Å². The van der Waals surface area contributed by atoms with Crippen LogP contribution in [0.3, 0.4) is 0 Å². The summed E-state index contributed by atoms with van der Waals surface area (Å²) in [6.45, 7) is 3.85. The van der Waals surface area contributed by atoms with Crippen LogP contribution in [0.25, 0.3) is 6.08 Å². The largest absolute Gasteiger partial charge is 0.366 e. The van der Waals surface area contributed by atoms with Crippen LogP contribution in [0, 0.1) is 19.7 Å². The van der Waals surface area contributed by atoms with Gasteiger partial charge in [0.2, 0.25) is 5.91 Å². The molecule has 5 nitrogen and oxygen atoms in total. The Labute approximate surface area is 150 Å². The molecule has 0 heterocycles. The second-order valence-corrected chi connectivity index (χ2v) is 6.88. The quantitative estimate of drug-likeness (QED) is 0.786. The fraction of sp³-hybridized carbons (Fsp3) is 0.118. The zero-order chi connectivity index (χ0) is 19.2. The summed E-state index contributed by atoms with van der Waals surface area (Å²) in [7, 11) is -4.03. The van der Waals surface area contributed by atoms with Crippen LogP contribution in [0.4, 0.5) is 4.39 Å². The van der Waals surface area contributed by atoms with Crippen molar-refractivity contribution in [1.82, 2.24) is 0 Å². The van der Waals surface area contributed by atoms with Crippen LogP contribution < -0.4 is 5.73 Å². The molecule has 0 saturated heterocycles. The Morgan fingerprint density at radius 1 is 1.20 bits per heavy atom. The standard InChI is InChI=1S/C10H12O3S.C7H5ClFNO/c1-8-3-4-10(9(2)7-8)5-6-14(11,12)13;8-6-3-4(9)1-2-5(6)7(10)11/h3-7H,1-2H3,(H,11,12,13);1-3H,(H2,10,11)/b6-5+;. The first-order valence-corrected chi connectivity index (χ1v) is 8.85. The van der Waals surface area contributed by atoms with Gasteiger partial charge in [-0.05, 0) is 49.2 Å². The Kier molecular flexibility index (Phi) is 7.29. The minimum Gasteiger partial charge on any atom is -0.366 e. The number of halogens is 2. The third-order valence-electron chi connectivity index (χ3n) is 3.04. The number of hydrogen-bond donors (Lipinski definition) is 2. The van der Waals surface area contributed by atoms with E-state index >= 15 is 0 Å². The molecule has 2 aromatic rings. The first kappa shape index (κ1) is 20.8. The topological polar surface area (TPSA) is 97.5 Å². The number of hydrogen-bond acceptors (Lipinski definition) is 3. The summed E-state index contributed by atoms with van der Waals surface area (Å²) in [4.78, 5) is 10.5. The van der Waals surface area contributed by atoms with E-state index < -0.39 is 21.8 Å². The molecule has 8 heteroatoms. The highest BCUT2D eigenvalue weighted by Gasteiger charge is 2.05. The lowest BCUT2D eigenvalue weighted by Crippen LogP contribution is -2.11. The third-order valence-corrected chi connectivity index (χ3v) is 3.83. The molecule has 2 aromatic carbocycles. The van der Waals surface area contributed by atoms with E-state index in [0.29, 0.717) is 0 Å². The molecule has 134 valence electrons. The Morgan fingerprint density at radius 2 is 1.84 bits per heavy atom. The minimum absolute atomic E-state index is 0.0394. The molecule has 3 N–H and O–H groups in total. The van der Waals surface area contributed by atoms with E-state index in [0.717, 1.165) is 34.2 Å². The van der Waals surface area contributed by atoms with Crippen molar-refractivity contribution in [1.29, 1.82) is 0 Å². The van der Waals surface area contributed by atoms with E-state index in [9.17, 15) is 17.6 Å². The van der Waals surface area contributed by atoms with E-state index in [2.05, 4.69) is 0 Å². The van der Waals surface area contributed by atoms with Crippen LogP contribution in [0.5, 0.6) is 0 Å². The molecular formula is C17H17ClFNO4S. The lowest BCUT2D eigenvalue weighted by atomic mass is 10.1. The van der Waals surface area contributed by atoms with Gasteiger partial charge in [0.1, 0.15) is 5.82 Å². The average molecular weight is 386 g/mol. The van der Waals surface area contributed by atoms with Crippen molar-refractivity contribution < 1.29 is 22.2 Å². The predicted octanol–water partition coefficient (Wildman–Crippen LogP) is 3.74. The van der Waals surface area contributed by atoms with Gasteiger partial charge in [-0.2, -0.15) is 8.42 Å². The highest BCUT2D eigenvalue weighted by atomic mass is 35.5. The number of aryl methyl sites for hydroxylation is 2. The van der Waals surface area contributed by atoms with Crippen molar-refractivity contribution in [2.45, 2.75) is 13.8 Å². The molecule has 0 fully saturated rings. The van der Waals surface area contributed by atoms with Crippen LogP contribution in [-0.2, 0) is 10.1 Å². The maximum absolute atomic E-state index is 12.4. The Bertz CT molecular complexity index is 911. The van der Waals surface area contributed by atoms with E-state index in [-0.39, 0.29) is 10.6 Å². The van der Waals surface area contributed by atoms with Gasteiger partial charge in [0.25, 0.3) is 10.1 Å². The molecule has 0 aliphatic heterocycles. The summed E-state index contributed by atoms with van der Waals surface area (Å²) in [6.07, 6.45) is 1.38. The molecule has 0 saturated carbocycles. The molecule has 0 spiro atoms. The molecule has 25 heavy (non-hydrogen) atoms. The summed E-state index contributed by atoms with van der Waals surface area (Å²) in [5.74, 6) is -1.14. The fourth-order valence-corrected chi connectivity index (χ4v) is 2.44. The Balaban J connectivity index is 0.000000257. The van der Waals surface area contributed by atoms with Gasteiger partial charge < -0.3 is 5.73 Å². The van der Waals surface area contributed by atoms with Gasteiger partial charge in [-0.1, -0.05) is 35.4 Å². The first-order valence-electron chi connectivity index (χ1n) is 6.97. The van der Waals surface area contributed by atoms with Crippen LogP contribution in [-0.4, -0.2) is 18.9 Å². The first-order chi connectivity index (χ1) is 11.5. The molecule has 0 aliphatic carbocycles. The molecule has 0 radical (unpaired) electrons. The molecule has 0 atom stereocenters. The number of carbonyl (C=O) groups is 1. The molecule has 0 unspecified atom stereocenters. The number of rotatable bonds is 3. The zero-order valence-corrected chi connectivity index (χ0v) is 15.1. The van der Waals surface area contributed by atoms with E-state index in [4.69, 9.17) is 21.9 Å². The van der Waals surface area contributed by atoms with Gasteiger partial charge in [-0.3, -0.25) is 9.35 Å². The van der Waals surface area contributed by atoms with Gasteiger partial charge in [-0.25, -0.2) is 4.39 Å². The van der Waals surface area contributed by atoms with Crippen molar-refractivity contribution in [2.75, 3.05) is 0 Å². The van der Waals surface area contributed by atoms with Gasteiger partial charge >= 0.3 is 0 Å². The highest BCUT2D eigenvalue weighted by molar-refractivity contribution is 7.88. The maximum Gasteiger partial charge on any atom is 0.287 e. The number of benzene rings is 2. The number of primary amides is 1. The van der Waals surface area contributed by atoms with Crippen LogP contribution in [0.15, 0.2) is 41.8 Å². The summed E-state index contributed by atoms with van der Waals surface area (Å²) >= 11 is 5.48. The van der Waals surface area contributed by atoms with E-state index in [1.165, 1.54) is 12.1 Å². The molecule has 0 bridgehead atoms. The van der Waals surface area contributed by atoms with Gasteiger partial charge in [0.15, 0.2) is 0 Å². The van der Waals surface area contributed by atoms with Crippen molar-refractivity contribution in [3.05, 3.63) is 74.9 Å². The summed E-state index contributed by atoms with van der Waals surface area (Å²) in [6, 6.07) is 9.07. The van der Waals surface area contributed by atoms with Crippen LogP contribution >= 0.6 is 11.6 Å². The summed E-state index contributed by atoms with van der Waals surface area (Å²) in [5.41, 5.74) is 7.93. The Morgan fingerprint density at radius 3 is 2.32 bits per heavy atom. The number of amides is 1. The average Bonchev–Trinajstić information content (AvgIpc) is 2.45. The highest BCUT2D eigenvalue weighted by Crippen LogP contribution is 2.16. The smallest absolute Gasteiger partial charge is 0.287 e. The molecular weight excluding hydrogens is 369 g/mol. The normalized spacial score (nSPS) is 11.1. The number of nitrogens with two attached hydrogens (primary N) is 1. The molecule has 1 amide bonds. The fourth-order valence-electron chi connectivity index (χ4n) is 1.86. The maximum atomic E-state index is 12.4. The molecule has 2 rings (SSSR count). The second kappa shape index (κ2) is 8.75. The van der Waals surface area contributed by atoms with Crippen LogP contribution in [0.1, 0.15) is 27.0 Å². The lowest BCUT2D eigenvalue weighted by molar-refractivity contribution is 0.100.